The van der Waals surface area contributed by atoms with Crippen LogP contribution in [-0.4, -0.2) is 39.5 Å². The molecule has 1 rings (SSSR count). The third-order valence-corrected chi connectivity index (χ3v) is 3.88. The zero-order valence-electron chi connectivity index (χ0n) is 14.3. The van der Waals surface area contributed by atoms with Gasteiger partial charge in [0.25, 0.3) is 0 Å². The van der Waals surface area contributed by atoms with Crippen LogP contribution in [0.1, 0.15) is 43.6 Å². The standard InChI is InChI=1S/C15H22F3N3O3/c1-8(12(22)19-6-14(4,5)13(23)24)11-9(2)20-21(10(11)3)7-15(16,17)18/h8H,6-7H2,1-5H3,(H,19,22)(H,23,24). The first-order chi connectivity index (χ1) is 10.8. The van der Waals surface area contributed by atoms with Gasteiger partial charge in [0.1, 0.15) is 6.54 Å². The molecule has 1 aromatic heterocycles. The topological polar surface area (TPSA) is 84.2 Å². The Morgan fingerprint density at radius 2 is 1.83 bits per heavy atom. The van der Waals surface area contributed by atoms with Gasteiger partial charge < -0.3 is 10.4 Å². The van der Waals surface area contributed by atoms with Crippen LogP contribution in [0.3, 0.4) is 0 Å². The molecule has 9 heteroatoms. The van der Waals surface area contributed by atoms with Gasteiger partial charge in [0, 0.05) is 17.8 Å². The summed E-state index contributed by atoms with van der Waals surface area (Å²) in [6.07, 6.45) is -4.41. The van der Waals surface area contributed by atoms with Gasteiger partial charge >= 0.3 is 12.1 Å². The summed E-state index contributed by atoms with van der Waals surface area (Å²) in [5.41, 5.74) is -0.105. The minimum Gasteiger partial charge on any atom is -0.481 e. The van der Waals surface area contributed by atoms with E-state index in [4.69, 9.17) is 5.11 Å². The Balaban J connectivity index is 2.93. The van der Waals surface area contributed by atoms with Gasteiger partial charge in [0.15, 0.2) is 0 Å². The molecular weight excluding hydrogens is 327 g/mol. The highest BCUT2D eigenvalue weighted by molar-refractivity contribution is 5.84. The van der Waals surface area contributed by atoms with E-state index in [1.54, 1.807) is 13.8 Å². The third kappa shape index (κ3) is 4.72. The molecule has 0 aliphatic heterocycles. The number of amides is 1. The smallest absolute Gasteiger partial charge is 0.408 e. The predicted molar refractivity (Wildman–Crippen MR) is 80.6 cm³/mol. The van der Waals surface area contributed by atoms with Crippen molar-refractivity contribution in [3.05, 3.63) is 17.0 Å². The molecule has 0 spiro atoms. The number of carboxylic acids is 1. The first kappa shape index (κ1) is 20.0. The summed E-state index contributed by atoms with van der Waals surface area (Å²) < 4.78 is 38.5. The van der Waals surface area contributed by atoms with Crippen LogP contribution in [-0.2, 0) is 16.1 Å². The molecule has 136 valence electrons. The van der Waals surface area contributed by atoms with E-state index in [2.05, 4.69) is 10.4 Å². The molecule has 0 aliphatic rings. The molecule has 1 atom stereocenters. The number of carboxylic acid groups (broad SMARTS) is 1. The summed E-state index contributed by atoms with van der Waals surface area (Å²) in [7, 11) is 0. The van der Waals surface area contributed by atoms with E-state index in [-0.39, 0.29) is 12.2 Å². The maximum absolute atomic E-state index is 12.6. The summed E-state index contributed by atoms with van der Waals surface area (Å²) in [6, 6.07) is 0. The van der Waals surface area contributed by atoms with Crippen molar-refractivity contribution in [3.63, 3.8) is 0 Å². The summed E-state index contributed by atoms with van der Waals surface area (Å²) in [4.78, 5) is 23.3. The maximum Gasteiger partial charge on any atom is 0.408 e. The number of hydrogen-bond donors (Lipinski definition) is 2. The van der Waals surface area contributed by atoms with Crippen LogP contribution in [0.25, 0.3) is 0 Å². The van der Waals surface area contributed by atoms with Crippen molar-refractivity contribution in [2.24, 2.45) is 5.41 Å². The number of nitrogens with zero attached hydrogens (tertiary/aromatic N) is 2. The molecular formula is C15H22F3N3O3. The van der Waals surface area contributed by atoms with Crippen molar-refractivity contribution < 1.29 is 27.9 Å². The third-order valence-electron chi connectivity index (χ3n) is 3.88. The fourth-order valence-electron chi connectivity index (χ4n) is 2.33. The fraction of sp³-hybridized carbons (Fsp3) is 0.667. The van der Waals surface area contributed by atoms with Crippen LogP contribution in [0.15, 0.2) is 0 Å². The van der Waals surface area contributed by atoms with Crippen LogP contribution in [0.5, 0.6) is 0 Å². The first-order valence-electron chi connectivity index (χ1n) is 7.38. The lowest BCUT2D eigenvalue weighted by molar-refractivity contribution is -0.147. The largest absolute Gasteiger partial charge is 0.481 e. The number of halogens is 3. The molecule has 1 unspecified atom stereocenters. The van der Waals surface area contributed by atoms with E-state index < -0.39 is 35.9 Å². The molecule has 0 fully saturated rings. The predicted octanol–water partition coefficient (Wildman–Crippen LogP) is 2.39. The van der Waals surface area contributed by atoms with Crippen molar-refractivity contribution in [2.75, 3.05) is 6.54 Å². The average molecular weight is 349 g/mol. The van der Waals surface area contributed by atoms with E-state index in [1.807, 2.05) is 0 Å². The molecule has 0 saturated heterocycles. The summed E-state index contributed by atoms with van der Waals surface area (Å²) in [5, 5.41) is 15.4. The van der Waals surface area contributed by atoms with Crippen LogP contribution in [0, 0.1) is 19.3 Å². The summed E-state index contributed by atoms with van der Waals surface area (Å²) in [6.45, 7) is 6.21. The van der Waals surface area contributed by atoms with Crippen molar-refractivity contribution in [1.82, 2.24) is 15.1 Å². The number of aromatic nitrogens is 2. The number of carbonyl (C=O) groups excluding carboxylic acids is 1. The number of rotatable bonds is 6. The Morgan fingerprint density at radius 3 is 2.29 bits per heavy atom. The average Bonchev–Trinajstić information content (AvgIpc) is 2.68. The molecule has 1 amide bonds. The lowest BCUT2D eigenvalue weighted by Crippen LogP contribution is -2.40. The van der Waals surface area contributed by atoms with E-state index in [1.165, 1.54) is 20.8 Å². The van der Waals surface area contributed by atoms with Crippen molar-refractivity contribution >= 4 is 11.9 Å². The van der Waals surface area contributed by atoms with Gasteiger partial charge in [-0.1, -0.05) is 0 Å². The summed E-state index contributed by atoms with van der Waals surface area (Å²) >= 11 is 0. The first-order valence-corrected chi connectivity index (χ1v) is 7.38. The lowest BCUT2D eigenvalue weighted by atomic mass is 9.93. The van der Waals surface area contributed by atoms with Crippen molar-refractivity contribution in [3.8, 4) is 0 Å². The second-order valence-electron chi connectivity index (χ2n) is 6.49. The molecule has 1 heterocycles. The molecule has 0 bridgehead atoms. The van der Waals surface area contributed by atoms with Gasteiger partial charge in [-0.15, -0.1) is 0 Å². The van der Waals surface area contributed by atoms with Crippen molar-refractivity contribution in [2.45, 2.75) is 53.3 Å². The zero-order valence-corrected chi connectivity index (χ0v) is 14.3. The monoisotopic (exact) mass is 349 g/mol. The van der Waals surface area contributed by atoms with Crippen LogP contribution in [0.4, 0.5) is 13.2 Å². The lowest BCUT2D eigenvalue weighted by Gasteiger charge is -2.21. The SMILES string of the molecule is Cc1nn(CC(F)(F)F)c(C)c1C(C)C(=O)NCC(C)(C)C(=O)O. The van der Waals surface area contributed by atoms with Crippen LogP contribution >= 0.6 is 0 Å². The molecule has 0 saturated carbocycles. The van der Waals surface area contributed by atoms with Gasteiger partial charge in [0.2, 0.25) is 5.91 Å². The zero-order chi connectivity index (χ0) is 18.9. The number of aliphatic carboxylic acids is 1. The number of aryl methyl sites for hydroxylation is 1. The number of carbonyl (C=O) groups is 2. The highest BCUT2D eigenvalue weighted by Gasteiger charge is 2.32. The number of hydrogen-bond acceptors (Lipinski definition) is 3. The second-order valence-corrected chi connectivity index (χ2v) is 6.49. The van der Waals surface area contributed by atoms with Gasteiger partial charge in [-0.05, 0) is 34.6 Å². The van der Waals surface area contributed by atoms with E-state index in [0.717, 1.165) is 4.68 Å². The number of nitrogens with one attached hydrogen (secondary N) is 1. The van der Waals surface area contributed by atoms with Crippen LogP contribution in [0.2, 0.25) is 0 Å². The molecule has 6 nitrogen and oxygen atoms in total. The van der Waals surface area contributed by atoms with E-state index >= 15 is 0 Å². The molecule has 1 aromatic rings. The van der Waals surface area contributed by atoms with Gasteiger partial charge in [-0.2, -0.15) is 18.3 Å². The van der Waals surface area contributed by atoms with Gasteiger partial charge in [-0.25, -0.2) is 0 Å². The van der Waals surface area contributed by atoms with E-state index in [9.17, 15) is 22.8 Å². The Labute approximate surface area is 138 Å². The summed E-state index contributed by atoms with van der Waals surface area (Å²) in [5.74, 6) is -2.25. The molecule has 0 aliphatic carbocycles. The normalized spacial score (nSPS) is 13.7. The number of alkyl halides is 3. The molecule has 0 aromatic carbocycles. The Hall–Kier alpha value is -2.06. The highest BCUT2D eigenvalue weighted by Crippen LogP contribution is 2.26. The molecule has 0 radical (unpaired) electrons. The minimum atomic E-state index is -4.41. The Kier molecular flexibility index (Phi) is 5.68. The van der Waals surface area contributed by atoms with Crippen LogP contribution < -0.4 is 5.32 Å². The second kappa shape index (κ2) is 6.82. The Morgan fingerprint density at radius 1 is 1.29 bits per heavy atom. The van der Waals surface area contributed by atoms with Gasteiger partial charge in [-0.3, -0.25) is 14.3 Å². The highest BCUT2D eigenvalue weighted by atomic mass is 19.4. The fourth-order valence-corrected chi connectivity index (χ4v) is 2.33. The van der Waals surface area contributed by atoms with Gasteiger partial charge in [0.05, 0.1) is 17.0 Å². The maximum atomic E-state index is 12.6. The quantitative estimate of drug-likeness (QED) is 0.826. The minimum absolute atomic E-state index is 0.0830. The van der Waals surface area contributed by atoms with Crippen molar-refractivity contribution in [1.29, 1.82) is 0 Å². The molecule has 24 heavy (non-hydrogen) atoms. The Bertz CT molecular complexity index is 636. The molecule has 2 N–H and O–H groups in total. The van der Waals surface area contributed by atoms with E-state index in [0.29, 0.717) is 11.3 Å².